The molecule has 0 aliphatic carbocycles. The van der Waals surface area contributed by atoms with Gasteiger partial charge >= 0.3 is 6.18 Å². The lowest BCUT2D eigenvalue weighted by Crippen LogP contribution is -2.21. The van der Waals surface area contributed by atoms with Crippen molar-refractivity contribution in [2.24, 2.45) is 0 Å². The van der Waals surface area contributed by atoms with Crippen LogP contribution in [0.5, 0.6) is 11.5 Å². The average Bonchev–Trinajstić information content (AvgIpc) is 2.13. The van der Waals surface area contributed by atoms with Gasteiger partial charge in [0.25, 0.3) is 0 Å². The van der Waals surface area contributed by atoms with Crippen LogP contribution in [0.3, 0.4) is 0 Å². The Kier molecular flexibility index (Phi) is 4.00. The maximum absolute atomic E-state index is 11.8. The maximum atomic E-state index is 11.8. The maximum Gasteiger partial charge on any atom is 0.390 e. The van der Waals surface area contributed by atoms with E-state index in [0.717, 1.165) is 6.07 Å². The first-order chi connectivity index (χ1) is 7.38. The molecule has 0 bridgehead atoms. The molecule has 0 unspecified atom stereocenters. The second-order valence-corrected chi connectivity index (χ2v) is 3.35. The SMILES string of the molecule is Oc1ccc(CNCCC(F)(F)F)c(O)c1. The van der Waals surface area contributed by atoms with Crippen LogP contribution >= 0.6 is 0 Å². The van der Waals surface area contributed by atoms with Crippen molar-refractivity contribution in [3.8, 4) is 11.5 Å². The van der Waals surface area contributed by atoms with Crippen molar-refractivity contribution >= 4 is 0 Å². The van der Waals surface area contributed by atoms with Crippen molar-refractivity contribution in [2.45, 2.75) is 19.1 Å². The number of alkyl halides is 3. The molecule has 1 rings (SSSR count). The van der Waals surface area contributed by atoms with E-state index in [2.05, 4.69) is 5.32 Å². The molecular weight excluding hydrogens is 223 g/mol. The number of hydrogen-bond acceptors (Lipinski definition) is 3. The Morgan fingerprint density at radius 1 is 1.19 bits per heavy atom. The molecule has 0 saturated heterocycles. The zero-order chi connectivity index (χ0) is 12.2. The number of halogens is 3. The fraction of sp³-hybridized carbons (Fsp3) is 0.400. The van der Waals surface area contributed by atoms with E-state index >= 15 is 0 Å². The van der Waals surface area contributed by atoms with Crippen LogP contribution in [-0.2, 0) is 6.54 Å². The molecule has 1 aromatic carbocycles. The minimum absolute atomic E-state index is 0.0865. The second-order valence-electron chi connectivity index (χ2n) is 3.35. The lowest BCUT2D eigenvalue weighted by Gasteiger charge is -2.08. The zero-order valence-electron chi connectivity index (χ0n) is 8.38. The van der Waals surface area contributed by atoms with Gasteiger partial charge in [-0.05, 0) is 6.07 Å². The van der Waals surface area contributed by atoms with Crippen LogP contribution in [0, 0.1) is 0 Å². The fourth-order valence-corrected chi connectivity index (χ4v) is 1.15. The highest BCUT2D eigenvalue weighted by Crippen LogP contribution is 2.22. The Balaban J connectivity index is 2.38. The summed E-state index contributed by atoms with van der Waals surface area (Å²) in [7, 11) is 0. The van der Waals surface area contributed by atoms with Gasteiger partial charge in [0, 0.05) is 24.7 Å². The summed E-state index contributed by atoms with van der Waals surface area (Å²) >= 11 is 0. The molecule has 0 aliphatic heterocycles. The van der Waals surface area contributed by atoms with E-state index in [-0.39, 0.29) is 24.6 Å². The highest BCUT2D eigenvalue weighted by molar-refractivity contribution is 5.38. The molecule has 0 saturated carbocycles. The van der Waals surface area contributed by atoms with Crippen LogP contribution in [0.15, 0.2) is 18.2 Å². The van der Waals surface area contributed by atoms with E-state index in [1.165, 1.54) is 12.1 Å². The van der Waals surface area contributed by atoms with Gasteiger partial charge in [0.1, 0.15) is 11.5 Å². The minimum atomic E-state index is -4.18. The summed E-state index contributed by atoms with van der Waals surface area (Å²) in [6, 6.07) is 3.95. The number of phenolic OH excluding ortho intramolecular Hbond substituents is 2. The monoisotopic (exact) mass is 235 g/mol. The van der Waals surface area contributed by atoms with Gasteiger partial charge in [-0.2, -0.15) is 13.2 Å². The van der Waals surface area contributed by atoms with E-state index in [0.29, 0.717) is 5.56 Å². The number of benzene rings is 1. The van der Waals surface area contributed by atoms with Crippen LogP contribution in [0.25, 0.3) is 0 Å². The van der Waals surface area contributed by atoms with Gasteiger partial charge in [0.2, 0.25) is 0 Å². The summed E-state index contributed by atoms with van der Waals surface area (Å²) < 4.78 is 35.4. The van der Waals surface area contributed by atoms with Crippen molar-refractivity contribution in [3.63, 3.8) is 0 Å². The Morgan fingerprint density at radius 2 is 1.88 bits per heavy atom. The Bertz CT molecular complexity index is 352. The molecule has 16 heavy (non-hydrogen) atoms. The quantitative estimate of drug-likeness (QED) is 0.701. The van der Waals surface area contributed by atoms with Crippen LogP contribution in [0.2, 0.25) is 0 Å². The molecule has 0 atom stereocenters. The van der Waals surface area contributed by atoms with Crippen LogP contribution < -0.4 is 5.32 Å². The van der Waals surface area contributed by atoms with Crippen molar-refractivity contribution in [3.05, 3.63) is 23.8 Å². The number of aromatic hydroxyl groups is 2. The summed E-state index contributed by atoms with van der Waals surface area (Å²) in [6.45, 7) is -0.0774. The third-order valence-electron chi connectivity index (χ3n) is 1.97. The van der Waals surface area contributed by atoms with E-state index in [1.54, 1.807) is 0 Å². The zero-order valence-corrected chi connectivity index (χ0v) is 8.38. The lowest BCUT2D eigenvalue weighted by molar-refractivity contribution is -0.133. The summed E-state index contributed by atoms with van der Waals surface area (Å²) in [5.41, 5.74) is 0.444. The minimum Gasteiger partial charge on any atom is -0.508 e. The van der Waals surface area contributed by atoms with Gasteiger partial charge in [-0.3, -0.25) is 0 Å². The standard InChI is InChI=1S/C10H12F3NO2/c11-10(12,13)3-4-14-6-7-1-2-8(15)5-9(7)16/h1-2,5,14-16H,3-4,6H2. The van der Waals surface area contributed by atoms with Crippen molar-refractivity contribution in [1.82, 2.24) is 5.32 Å². The van der Waals surface area contributed by atoms with Gasteiger partial charge in [-0.15, -0.1) is 0 Å². The topological polar surface area (TPSA) is 52.5 Å². The van der Waals surface area contributed by atoms with Crippen molar-refractivity contribution in [2.75, 3.05) is 6.54 Å². The number of hydrogen-bond donors (Lipinski definition) is 3. The van der Waals surface area contributed by atoms with E-state index < -0.39 is 12.6 Å². The van der Waals surface area contributed by atoms with Crippen molar-refractivity contribution < 1.29 is 23.4 Å². The molecule has 0 aromatic heterocycles. The van der Waals surface area contributed by atoms with Gasteiger partial charge in [-0.1, -0.05) is 6.07 Å². The van der Waals surface area contributed by atoms with Crippen LogP contribution in [0.1, 0.15) is 12.0 Å². The van der Waals surface area contributed by atoms with Crippen molar-refractivity contribution in [1.29, 1.82) is 0 Å². The molecule has 0 fully saturated rings. The Labute approximate surface area is 90.5 Å². The first kappa shape index (κ1) is 12.6. The van der Waals surface area contributed by atoms with Gasteiger partial charge in [0.15, 0.2) is 0 Å². The Morgan fingerprint density at radius 3 is 2.44 bits per heavy atom. The molecule has 0 radical (unpaired) electrons. The smallest absolute Gasteiger partial charge is 0.390 e. The second kappa shape index (κ2) is 5.07. The first-order valence-corrected chi connectivity index (χ1v) is 4.67. The molecule has 90 valence electrons. The molecular formula is C10H12F3NO2. The summed E-state index contributed by atoms with van der Waals surface area (Å²) in [6.07, 6.45) is -5.09. The first-order valence-electron chi connectivity index (χ1n) is 4.67. The van der Waals surface area contributed by atoms with E-state index in [4.69, 9.17) is 5.11 Å². The van der Waals surface area contributed by atoms with Crippen LogP contribution in [0.4, 0.5) is 13.2 Å². The third-order valence-corrected chi connectivity index (χ3v) is 1.97. The Hall–Kier alpha value is -1.43. The average molecular weight is 235 g/mol. The molecule has 0 heterocycles. The number of phenols is 2. The van der Waals surface area contributed by atoms with Gasteiger partial charge < -0.3 is 15.5 Å². The highest BCUT2D eigenvalue weighted by Gasteiger charge is 2.25. The fourth-order valence-electron chi connectivity index (χ4n) is 1.15. The lowest BCUT2D eigenvalue weighted by atomic mass is 10.2. The molecule has 0 aliphatic rings. The molecule has 6 heteroatoms. The summed E-state index contributed by atoms with van der Waals surface area (Å²) in [5.74, 6) is -0.226. The molecule has 0 spiro atoms. The largest absolute Gasteiger partial charge is 0.508 e. The number of rotatable bonds is 4. The summed E-state index contributed by atoms with van der Waals surface area (Å²) in [5, 5.41) is 20.9. The summed E-state index contributed by atoms with van der Waals surface area (Å²) in [4.78, 5) is 0. The third kappa shape index (κ3) is 4.39. The molecule has 3 nitrogen and oxygen atoms in total. The predicted octanol–water partition coefficient (Wildman–Crippen LogP) is 2.14. The normalized spacial score (nSPS) is 11.7. The molecule has 3 N–H and O–H groups in total. The van der Waals surface area contributed by atoms with Gasteiger partial charge in [-0.25, -0.2) is 0 Å². The van der Waals surface area contributed by atoms with E-state index in [9.17, 15) is 18.3 Å². The van der Waals surface area contributed by atoms with E-state index in [1.807, 2.05) is 0 Å². The number of nitrogens with one attached hydrogen (secondary N) is 1. The molecule has 0 amide bonds. The van der Waals surface area contributed by atoms with Gasteiger partial charge in [0.05, 0.1) is 6.42 Å². The van der Waals surface area contributed by atoms with Crippen LogP contribution in [-0.4, -0.2) is 22.9 Å². The highest BCUT2D eigenvalue weighted by atomic mass is 19.4. The molecule has 1 aromatic rings. The predicted molar refractivity (Wildman–Crippen MR) is 52.2 cm³/mol.